The average Bonchev–Trinajstić information content (AvgIpc) is 3.62. The SMILES string of the molecule is C=CCC[C@](C)(NC(=O)[C@@H]1C[C@@H](Oc2cc(-c3ccccc3)nc3cc(OC)ccc23)CN1C(=O)C(NC(=O)OC(C)(C)C)C(C)(C)C)C(=O)NS(=O)(=O)c1ccc(Cl)cc1. The van der Waals surface area contributed by atoms with Gasteiger partial charge in [0.2, 0.25) is 11.8 Å². The maximum atomic E-state index is 14.8. The second kappa shape index (κ2) is 18.5. The molecule has 3 aromatic carbocycles. The Kier molecular flexibility index (Phi) is 14.1. The van der Waals surface area contributed by atoms with Crippen LogP contribution in [-0.2, 0) is 29.1 Å². The molecule has 5 rings (SSSR count). The van der Waals surface area contributed by atoms with E-state index in [4.69, 9.17) is 30.8 Å². The fourth-order valence-corrected chi connectivity index (χ4v) is 8.05. The third-order valence-electron chi connectivity index (χ3n) is 10.1. The summed E-state index contributed by atoms with van der Waals surface area (Å²) < 4.78 is 46.5. The van der Waals surface area contributed by atoms with Crippen molar-refractivity contribution in [2.24, 2.45) is 5.41 Å². The first-order valence-corrected chi connectivity index (χ1v) is 21.7. The number of amides is 4. The first-order chi connectivity index (χ1) is 28.5. The van der Waals surface area contributed by atoms with Crippen LogP contribution in [0.15, 0.2) is 96.4 Å². The Hall–Kier alpha value is -5.67. The van der Waals surface area contributed by atoms with Crippen LogP contribution in [0.5, 0.6) is 11.5 Å². The zero-order valence-electron chi connectivity index (χ0n) is 35.7. The van der Waals surface area contributed by atoms with Gasteiger partial charge in [-0.05, 0) is 82.3 Å². The predicted octanol–water partition coefficient (Wildman–Crippen LogP) is 7.20. The monoisotopic (exact) mass is 875 g/mol. The topological polar surface area (TPSA) is 182 Å². The predicted molar refractivity (Wildman–Crippen MR) is 234 cm³/mol. The van der Waals surface area contributed by atoms with Gasteiger partial charge in [0, 0.05) is 34.5 Å². The van der Waals surface area contributed by atoms with Crippen molar-refractivity contribution >= 4 is 56.3 Å². The van der Waals surface area contributed by atoms with Crippen LogP contribution in [0.4, 0.5) is 4.79 Å². The molecule has 16 heteroatoms. The van der Waals surface area contributed by atoms with Gasteiger partial charge in [-0.1, -0.05) is 68.8 Å². The number of nitrogens with one attached hydrogen (secondary N) is 3. The van der Waals surface area contributed by atoms with Crippen LogP contribution in [0.3, 0.4) is 0 Å². The summed E-state index contributed by atoms with van der Waals surface area (Å²) in [6.45, 7) is 15.5. The molecular formula is C45H54ClN5O9S. The van der Waals surface area contributed by atoms with Gasteiger partial charge < -0.3 is 29.7 Å². The van der Waals surface area contributed by atoms with Crippen molar-refractivity contribution in [3.05, 3.63) is 96.5 Å². The van der Waals surface area contributed by atoms with Crippen molar-refractivity contribution in [3.63, 3.8) is 0 Å². The molecule has 1 aliphatic heterocycles. The largest absolute Gasteiger partial charge is 0.497 e. The van der Waals surface area contributed by atoms with E-state index in [1.165, 1.54) is 42.2 Å². The van der Waals surface area contributed by atoms with Crippen LogP contribution in [0.25, 0.3) is 22.2 Å². The van der Waals surface area contributed by atoms with Crippen LogP contribution in [-0.4, -0.2) is 85.1 Å². The number of hydrogen-bond donors (Lipinski definition) is 3. The lowest BCUT2D eigenvalue weighted by Gasteiger charge is -2.36. The van der Waals surface area contributed by atoms with Crippen LogP contribution in [0.1, 0.15) is 67.7 Å². The van der Waals surface area contributed by atoms with E-state index in [1.54, 1.807) is 66.9 Å². The minimum atomic E-state index is -4.39. The Balaban J connectivity index is 1.53. The molecule has 1 fully saturated rings. The Morgan fingerprint density at radius 3 is 2.25 bits per heavy atom. The lowest BCUT2D eigenvalue weighted by Crippen LogP contribution is -2.62. The number of hydrogen-bond acceptors (Lipinski definition) is 10. The van der Waals surface area contributed by atoms with Gasteiger partial charge in [0.05, 0.1) is 29.8 Å². The van der Waals surface area contributed by atoms with E-state index >= 15 is 0 Å². The molecule has 0 spiro atoms. The molecule has 4 amide bonds. The highest BCUT2D eigenvalue weighted by Gasteiger charge is 2.48. The zero-order chi connectivity index (χ0) is 44.9. The van der Waals surface area contributed by atoms with Crippen LogP contribution < -0.4 is 24.8 Å². The normalized spacial score (nSPS) is 17.1. The van der Waals surface area contributed by atoms with Crippen LogP contribution in [0.2, 0.25) is 5.02 Å². The van der Waals surface area contributed by atoms with Gasteiger partial charge in [-0.15, -0.1) is 6.58 Å². The number of aromatic nitrogens is 1. The molecule has 2 heterocycles. The smallest absolute Gasteiger partial charge is 0.408 e. The fraction of sp³-hybridized carbons (Fsp3) is 0.400. The standard InChI is InChI=1S/C45H54ClN5O9S/c1-10-11-23-45(8,41(54)50-61(56,57)32-20-17-29(46)18-21-32)49-39(52)36-25-31(27-51(36)40(53)38(43(2,3)4)48-42(55)60-44(5,6)7)59-37-26-34(28-15-13-12-14-16-28)47-35-24-30(58-9)19-22-33(35)37/h10,12-22,24,26,31,36,38H,1,11,23,25,27H2,2-9H3,(H,48,55)(H,49,52)(H,50,54)/t31-,36+,38?,45+/m1/s1. The van der Waals surface area contributed by atoms with Crippen molar-refractivity contribution in [3.8, 4) is 22.8 Å². The van der Waals surface area contributed by atoms with Crippen molar-refractivity contribution in [2.45, 2.75) is 102 Å². The van der Waals surface area contributed by atoms with Gasteiger partial charge in [0.1, 0.15) is 40.8 Å². The Morgan fingerprint density at radius 2 is 1.64 bits per heavy atom. The van der Waals surface area contributed by atoms with Crippen molar-refractivity contribution in [1.29, 1.82) is 0 Å². The summed E-state index contributed by atoms with van der Waals surface area (Å²) in [4.78, 5) is 62.5. The van der Waals surface area contributed by atoms with E-state index in [0.717, 1.165) is 5.56 Å². The number of allylic oxidation sites excluding steroid dienone is 1. The fourth-order valence-electron chi connectivity index (χ4n) is 6.84. The Labute approximate surface area is 362 Å². The Morgan fingerprint density at radius 1 is 0.967 bits per heavy atom. The minimum Gasteiger partial charge on any atom is -0.497 e. The first kappa shape index (κ1) is 46.4. The molecule has 1 unspecified atom stereocenters. The van der Waals surface area contributed by atoms with Gasteiger partial charge in [0.25, 0.3) is 15.9 Å². The number of likely N-dealkylation sites (tertiary alicyclic amines) is 1. The number of alkyl carbamates (subject to hydrolysis) is 1. The van der Waals surface area contributed by atoms with Crippen molar-refractivity contribution in [1.82, 2.24) is 25.2 Å². The number of benzene rings is 3. The highest BCUT2D eigenvalue weighted by atomic mass is 35.5. The molecule has 61 heavy (non-hydrogen) atoms. The number of pyridine rings is 1. The van der Waals surface area contributed by atoms with Crippen LogP contribution >= 0.6 is 11.6 Å². The van der Waals surface area contributed by atoms with E-state index in [-0.39, 0.29) is 30.7 Å². The second-order valence-electron chi connectivity index (χ2n) is 17.2. The number of sulfonamides is 1. The molecule has 1 aliphatic rings. The number of carbonyl (C=O) groups excluding carboxylic acids is 4. The van der Waals surface area contributed by atoms with E-state index in [1.807, 2.05) is 36.4 Å². The first-order valence-electron chi connectivity index (χ1n) is 19.8. The second-order valence-corrected chi connectivity index (χ2v) is 19.3. The summed E-state index contributed by atoms with van der Waals surface area (Å²) in [5, 5.41) is 6.45. The molecule has 4 atom stereocenters. The summed E-state index contributed by atoms with van der Waals surface area (Å²) in [5.41, 5.74) is -1.51. The minimum absolute atomic E-state index is 0.0373. The molecule has 0 bridgehead atoms. The molecule has 326 valence electrons. The quantitative estimate of drug-likeness (QED) is 0.110. The zero-order valence-corrected chi connectivity index (χ0v) is 37.3. The van der Waals surface area contributed by atoms with Gasteiger partial charge >= 0.3 is 6.09 Å². The van der Waals surface area contributed by atoms with E-state index in [9.17, 15) is 27.6 Å². The molecule has 0 radical (unpaired) electrons. The highest BCUT2D eigenvalue weighted by molar-refractivity contribution is 7.90. The van der Waals surface area contributed by atoms with E-state index in [2.05, 4.69) is 21.9 Å². The summed E-state index contributed by atoms with van der Waals surface area (Å²) in [6, 6.07) is 19.5. The molecule has 0 saturated carbocycles. The van der Waals surface area contributed by atoms with Gasteiger partial charge in [-0.3, -0.25) is 14.4 Å². The van der Waals surface area contributed by atoms with Gasteiger partial charge in [0.15, 0.2) is 0 Å². The lowest BCUT2D eigenvalue weighted by molar-refractivity contribution is -0.143. The third-order valence-corrected chi connectivity index (χ3v) is 11.7. The lowest BCUT2D eigenvalue weighted by atomic mass is 9.85. The Bertz CT molecular complexity index is 2380. The molecule has 14 nitrogen and oxygen atoms in total. The number of halogens is 1. The average molecular weight is 876 g/mol. The summed E-state index contributed by atoms with van der Waals surface area (Å²) in [6.07, 6.45) is 0.0801. The van der Waals surface area contributed by atoms with Crippen molar-refractivity contribution in [2.75, 3.05) is 13.7 Å². The van der Waals surface area contributed by atoms with Crippen molar-refractivity contribution < 1.29 is 41.8 Å². The third kappa shape index (κ3) is 11.6. The van der Waals surface area contributed by atoms with Gasteiger partial charge in [-0.25, -0.2) is 22.9 Å². The van der Waals surface area contributed by atoms with E-state index in [0.29, 0.717) is 33.1 Å². The number of ether oxygens (including phenoxy) is 3. The van der Waals surface area contributed by atoms with Gasteiger partial charge in [-0.2, -0.15) is 0 Å². The maximum Gasteiger partial charge on any atom is 0.408 e. The number of fused-ring (bicyclic) bond motifs is 1. The molecule has 0 aliphatic carbocycles. The highest BCUT2D eigenvalue weighted by Crippen LogP contribution is 2.35. The number of carbonyl (C=O) groups is 4. The number of nitrogens with zero attached hydrogens (tertiary/aromatic N) is 2. The number of rotatable bonds is 14. The maximum absolute atomic E-state index is 14.8. The molecule has 3 N–H and O–H groups in total. The molecule has 4 aromatic rings. The van der Waals surface area contributed by atoms with Crippen LogP contribution in [0, 0.1) is 5.41 Å². The summed E-state index contributed by atoms with van der Waals surface area (Å²) in [7, 11) is -2.83. The summed E-state index contributed by atoms with van der Waals surface area (Å²) >= 11 is 5.96. The summed E-state index contributed by atoms with van der Waals surface area (Å²) in [5.74, 6) is -1.33. The number of methoxy groups -OCH3 is 1. The molecule has 1 aromatic heterocycles. The molecular weight excluding hydrogens is 822 g/mol. The molecule has 1 saturated heterocycles. The van der Waals surface area contributed by atoms with E-state index < -0.39 is 68.6 Å².